The summed E-state index contributed by atoms with van der Waals surface area (Å²) < 4.78 is 48.3. The molecule has 0 radical (unpaired) electrons. The van der Waals surface area contributed by atoms with Crippen molar-refractivity contribution in [3.63, 3.8) is 0 Å². The molecule has 2 N–H and O–H groups in total. The van der Waals surface area contributed by atoms with E-state index in [1.54, 1.807) is 12.1 Å². The van der Waals surface area contributed by atoms with Gasteiger partial charge in [0.05, 0.1) is 52.7 Å². The first-order valence-electron chi connectivity index (χ1n) is 12.8. The highest BCUT2D eigenvalue weighted by Gasteiger charge is 2.57. The predicted molar refractivity (Wildman–Crippen MR) is 141 cm³/mol. The summed E-state index contributed by atoms with van der Waals surface area (Å²) in [5, 5.41) is 5.33. The van der Waals surface area contributed by atoms with Gasteiger partial charge in [-0.2, -0.15) is 13.2 Å². The molecule has 1 atom stereocenters. The number of morpholine rings is 1. The van der Waals surface area contributed by atoms with Gasteiger partial charge in [0.15, 0.2) is 6.04 Å². The molecule has 3 aliphatic rings. The van der Waals surface area contributed by atoms with Gasteiger partial charge < -0.3 is 24.8 Å². The van der Waals surface area contributed by atoms with Crippen molar-refractivity contribution in [3.8, 4) is 0 Å². The van der Waals surface area contributed by atoms with Crippen LogP contribution in [0.5, 0.6) is 0 Å². The molecule has 5 rings (SSSR count). The summed E-state index contributed by atoms with van der Waals surface area (Å²) in [7, 11) is 1.96. The van der Waals surface area contributed by atoms with Gasteiger partial charge in [-0.1, -0.05) is 11.6 Å². The fourth-order valence-corrected chi connectivity index (χ4v) is 6.33. The Balaban J connectivity index is 1.41. The molecule has 210 valence electrons. The van der Waals surface area contributed by atoms with E-state index in [1.165, 1.54) is 17.0 Å². The number of quaternary nitrogens is 1. The number of amides is 3. The van der Waals surface area contributed by atoms with Crippen molar-refractivity contribution in [2.24, 2.45) is 0 Å². The van der Waals surface area contributed by atoms with E-state index < -0.39 is 41.2 Å². The molecule has 0 spiro atoms. The molecule has 3 amide bonds. The van der Waals surface area contributed by atoms with Crippen LogP contribution in [0.1, 0.15) is 40.9 Å². The molecule has 2 saturated carbocycles. The van der Waals surface area contributed by atoms with Crippen LogP contribution in [0.15, 0.2) is 30.3 Å². The van der Waals surface area contributed by atoms with E-state index in [2.05, 4.69) is 10.6 Å². The van der Waals surface area contributed by atoms with Gasteiger partial charge in [-0.15, -0.1) is 11.3 Å². The number of ether oxygens (including phenoxy) is 1. The summed E-state index contributed by atoms with van der Waals surface area (Å²) in [6, 6.07) is 6.26. The topological polar surface area (TPSA) is 87.7 Å². The highest BCUT2D eigenvalue weighted by atomic mass is 35.5. The smallest absolute Gasteiger partial charge is 0.370 e. The lowest BCUT2D eigenvalue weighted by Crippen LogP contribution is -2.63. The molecule has 0 unspecified atom stereocenters. The van der Waals surface area contributed by atoms with Gasteiger partial charge in [0.2, 0.25) is 0 Å². The Kier molecular flexibility index (Phi) is 7.66. The van der Waals surface area contributed by atoms with Crippen LogP contribution < -0.4 is 15.5 Å². The molecule has 1 aromatic carbocycles. The highest BCUT2D eigenvalue weighted by molar-refractivity contribution is 7.18. The van der Waals surface area contributed by atoms with Gasteiger partial charge in [-0.05, 0) is 30.3 Å². The lowest BCUT2D eigenvalue weighted by molar-refractivity contribution is -0.943. The molecule has 2 heterocycles. The third-order valence-corrected chi connectivity index (χ3v) is 8.99. The number of carbonyl (C=O) groups excluding carboxylic acids is 3. The molecule has 1 saturated heterocycles. The minimum Gasteiger partial charge on any atom is -0.370 e. The van der Waals surface area contributed by atoms with Gasteiger partial charge >= 0.3 is 6.18 Å². The molecule has 2 aromatic rings. The van der Waals surface area contributed by atoms with E-state index in [4.69, 9.17) is 16.3 Å². The van der Waals surface area contributed by atoms with Crippen molar-refractivity contribution >= 4 is 52.0 Å². The summed E-state index contributed by atoms with van der Waals surface area (Å²) in [5.41, 5.74) is -1.35. The average Bonchev–Trinajstić information content (AvgIpc) is 3.81. The maximum Gasteiger partial charge on any atom is 0.418 e. The Bertz CT molecular complexity index is 1270. The molecule has 39 heavy (non-hydrogen) atoms. The standard InChI is InChI=1S/C26H28ClF3N4O4S/c1-34(16-3-4-16,17-5-6-17)20(13-31-25(37)21-8-9-22(27)39-21)24(36)32-19-7-2-15(12-18(19)26(28,29)30)33-10-11-38-14-23(33)35/h2,7-9,12,16-17,20H,3-6,10-11,13-14H2,1H3,(H-,31,32,36,37)/p+1/t20-/m1/s1. The van der Waals surface area contributed by atoms with Gasteiger partial charge in [0.25, 0.3) is 17.7 Å². The van der Waals surface area contributed by atoms with Crippen LogP contribution in [-0.2, 0) is 20.5 Å². The number of likely N-dealkylation sites (N-methyl/N-ethyl adjacent to an activating group) is 1. The van der Waals surface area contributed by atoms with Crippen LogP contribution >= 0.6 is 22.9 Å². The van der Waals surface area contributed by atoms with Crippen LogP contribution in [-0.4, -0.2) is 73.7 Å². The van der Waals surface area contributed by atoms with E-state index >= 15 is 0 Å². The monoisotopic (exact) mass is 585 g/mol. The minimum atomic E-state index is -4.78. The van der Waals surface area contributed by atoms with Crippen molar-refractivity contribution in [2.45, 2.75) is 50.0 Å². The minimum absolute atomic E-state index is 0.0363. The van der Waals surface area contributed by atoms with Gasteiger partial charge in [-0.25, -0.2) is 0 Å². The van der Waals surface area contributed by atoms with E-state index in [0.29, 0.717) is 13.7 Å². The van der Waals surface area contributed by atoms with E-state index in [1.807, 2.05) is 7.05 Å². The maximum atomic E-state index is 14.1. The molecular weight excluding hydrogens is 557 g/mol. The molecule has 1 aliphatic heterocycles. The second kappa shape index (κ2) is 10.7. The fraction of sp³-hybridized carbons (Fsp3) is 0.500. The Hall–Kier alpha value is -2.67. The van der Waals surface area contributed by atoms with Gasteiger partial charge in [-0.3, -0.25) is 14.4 Å². The van der Waals surface area contributed by atoms with Crippen molar-refractivity contribution in [1.82, 2.24) is 5.32 Å². The van der Waals surface area contributed by atoms with Crippen LogP contribution in [0.3, 0.4) is 0 Å². The summed E-state index contributed by atoms with van der Waals surface area (Å²) in [6.07, 6.45) is -1.10. The number of anilines is 2. The molecule has 2 aliphatic carbocycles. The van der Waals surface area contributed by atoms with Crippen LogP contribution in [0.25, 0.3) is 0 Å². The molecular formula is C26H29ClF3N4O4S+. The quantitative estimate of drug-likeness (QED) is 0.430. The number of nitrogens with one attached hydrogen (secondary N) is 2. The molecule has 13 heteroatoms. The summed E-state index contributed by atoms with van der Waals surface area (Å²) in [4.78, 5) is 40.3. The van der Waals surface area contributed by atoms with Crippen molar-refractivity contribution in [2.75, 3.05) is 43.6 Å². The summed E-state index contributed by atoms with van der Waals surface area (Å²) in [6.45, 7) is 0.113. The van der Waals surface area contributed by atoms with Crippen molar-refractivity contribution in [1.29, 1.82) is 0 Å². The second-order valence-corrected chi connectivity index (χ2v) is 12.0. The van der Waals surface area contributed by atoms with Crippen LogP contribution in [0.4, 0.5) is 24.5 Å². The summed E-state index contributed by atoms with van der Waals surface area (Å²) in [5.74, 6) is -1.42. The van der Waals surface area contributed by atoms with E-state index in [-0.39, 0.29) is 44.1 Å². The van der Waals surface area contributed by atoms with Crippen LogP contribution in [0.2, 0.25) is 4.34 Å². The molecule has 8 nitrogen and oxygen atoms in total. The highest BCUT2D eigenvalue weighted by Crippen LogP contribution is 2.45. The molecule has 0 bridgehead atoms. The predicted octanol–water partition coefficient (Wildman–Crippen LogP) is 4.29. The number of alkyl halides is 3. The largest absolute Gasteiger partial charge is 0.418 e. The normalized spacial score (nSPS) is 19.1. The Morgan fingerprint density at radius 3 is 2.44 bits per heavy atom. The lowest BCUT2D eigenvalue weighted by atomic mass is 10.1. The Morgan fingerprint density at radius 2 is 1.87 bits per heavy atom. The molecule has 3 fully saturated rings. The third-order valence-electron chi connectivity index (χ3n) is 7.76. The zero-order chi connectivity index (χ0) is 27.9. The second-order valence-electron chi connectivity index (χ2n) is 10.3. The van der Waals surface area contributed by atoms with Crippen molar-refractivity contribution in [3.05, 3.63) is 45.1 Å². The van der Waals surface area contributed by atoms with Gasteiger partial charge in [0.1, 0.15) is 6.61 Å². The number of halogens is 4. The first-order valence-corrected chi connectivity index (χ1v) is 14.0. The maximum absolute atomic E-state index is 14.1. The number of nitrogens with zero attached hydrogens (tertiary/aromatic N) is 2. The average molecular weight is 586 g/mol. The number of hydrogen-bond donors (Lipinski definition) is 2. The third kappa shape index (κ3) is 5.93. The molecule has 1 aromatic heterocycles. The number of hydrogen-bond acceptors (Lipinski definition) is 5. The fourth-order valence-electron chi connectivity index (χ4n) is 5.37. The first kappa shape index (κ1) is 27.9. The number of carbonyl (C=O) groups is 3. The SMILES string of the molecule is C[N+](C1CC1)(C1CC1)[C@H](CNC(=O)c1ccc(Cl)s1)C(=O)Nc1ccc(N2CCOCC2=O)cc1C(F)(F)F. The Morgan fingerprint density at radius 1 is 1.18 bits per heavy atom. The lowest BCUT2D eigenvalue weighted by Gasteiger charge is -2.42. The zero-order valence-electron chi connectivity index (χ0n) is 21.2. The zero-order valence-corrected chi connectivity index (χ0v) is 22.8. The number of benzene rings is 1. The Labute approximate surface area is 232 Å². The van der Waals surface area contributed by atoms with E-state index in [9.17, 15) is 27.6 Å². The van der Waals surface area contributed by atoms with Crippen molar-refractivity contribution < 1.29 is 36.8 Å². The van der Waals surface area contributed by atoms with Gasteiger partial charge in [0, 0.05) is 37.9 Å². The van der Waals surface area contributed by atoms with E-state index in [0.717, 1.165) is 43.1 Å². The van der Waals surface area contributed by atoms with Crippen LogP contribution in [0, 0.1) is 0 Å². The number of rotatable bonds is 9. The summed E-state index contributed by atoms with van der Waals surface area (Å²) >= 11 is 7.06. The number of thiophene rings is 1. The first-order chi connectivity index (χ1) is 18.5.